The highest BCUT2D eigenvalue weighted by Gasteiger charge is 2.41. The summed E-state index contributed by atoms with van der Waals surface area (Å²) in [7, 11) is 0. The summed E-state index contributed by atoms with van der Waals surface area (Å²) in [5.41, 5.74) is 0.00745. The normalized spacial score (nSPS) is 11.4. The van der Waals surface area contributed by atoms with Crippen molar-refractivity contribution in [2.24, 2.45) is 0 Å². The monoisotopic (exact) mass is 280 g/mol. The van der Waals surface area contributed by atoms with E-state index in [1.807, 2.05) is 6.92 Å². The fraction of sp³-hybridized carbons (Fsp3) is 0.417. The Balaban J connectivity index is 3.23. The number of benzene rings is 1. The van der Waals surface area contributed by atoms with E-state index in [4.69, 9.17) is 16.3 Å². The third kappa shape index (κ3) is 3.38. The number of carbonyl (C=O) groups is 1. The van der Waals surface area contributed by atoms with Crippen molar-refractivity contribution in [1.29, 1.82) is 0 Å². The van der Waals surface area contributed by atoms with E-state index >= 15 is 0 Å². The van der Waals surface area contributed by atoms with Gasteiger partial charge in [-0.15, -0.1) is 0 Å². The van der Waals surface area contributed by atoms with Crippen LogP contribution < -0.4 is 4.74 Å². The van der Waals surface area contributed by atoms with Gasteiger partial charge >= 0.3 is 6.18 Å². The predicted octanol–water partition coefficient (Wildman–Crippen LogP) is 4.18. The van der Waals surface area contributed by atoms with E-state index in [1.165, 1.54) is 6.07 Å². The Morgan fingerprint density at radius 1 is 1.39 bits per heavy atom. The lowest BCUT2D eigenvalue weighted by Gasteiger charge is -2.13. The van der Waals surface area contributed by atoms with Crippen LogP contribution in [0.4, 0.5) is 13.2 Å². The second kappa shape index (κ2) is 5.61. The summed E-state index contributed by atoms with van der Waals surface area (Å²) in [6.07, 6.45) is -4.32. The van der Waals surface area contributed by atoms with Crippen molar-refractivity contribution < 1.29 is 22.7 Å². The molecular weight excluding hydrogens is 269 g/mol. The van der Waals surface area contributed by atoms with Crippen LogP contribution in [0.15, 0.2) is 12.1 Å². The number of ketones is 1. The molecule has 0 aromatic heterocycles. The van der Waals surface area contributed by atoms with E-state index in [-0.39, 0.29) is 17.4 Å². The number of hydrogen-bond acceptors (Lipinski definition) is 2. The van der Waals surface area contributed by atoms with Crippen molar-refractivity contribution in [3.05, 3.63) is 28.3 Å². The van der Waals surface area contributed by atoms with Crippen LogP contribution in [0, 0.1) is 6.92 Å². The van der Waals surface area contributed by atoms with E-state index in [9.17, 15) is 18.0 Å². The first-order chi connectivity index (χ1) is 8.27. The second-order valence-corrected chi connectivity index (χ2v) is 4.18. The second-order valence-electron chi connectivity index (χ2n) is 3.77. The highest BCUT2D eigenvalue weighted by molar-refractivity contribution is 6.31. The topological polar surface area (TPSA) is 26.3 Å². The van der Waals surface area contributed by atoms with Gasteiger partial charge in [-0.05, 0) is 31.0 Å². The first-order valence-corrected chi connectivity index (χ1v) is 5.69. The lowest BCUT2D eigenvalue weighted by Crippen LogP contribution is -2.23. The quantitative estimate of drug-likeness (QED) is 0.773. The summed E-state index contributed by atoms with van der Waals surface area (Å²) < 4.78 is 42.4. The van der Waals surface area contributed by atoms with Gasteiger partial charge in [0.2, 0.25) is 0 Å². The van der Waals surface area contributed by atoms with E-state index in [0.717, 1.165) is 6.07 Å². The van der Waals surface area contributed by atoms with Crippen molar-refractivity contribution in [3.63, 3.8) is 0 Å². The third-order valence-electron chi connectivity index (χ3n) is 2.22. The maximum absolute atomic E-state index is 12.4. The Hall–Kier alpha value is -1.23. The number of ether oxygens (including phenoxy) is 1. The summed E-state index contributed by atoms with van der Waals surface area (Å²) in [6.45, 7) is 3.68. The van der Waals surface area contributed by atoms with Gasteiger partial charge < -0.3 is 4.74 Å². The van der Waals surface area contributed by atoms with Crippen LogP contribution in [0.1, 0.15) is 29.3 Å². The molecule has 6 heteroatoms. The van der Waals surface area contributed by atoms with E-state index < -0.39 is 17.5 Å². The van der Waals surface area contributed by atoms with Crippen molar-refractivity contribution in [3.8, 4) is 5.75 Å². The van der Waals surface area contributed by atoms with Crippen LogP contribution in [-0.4, -0.2) is 18.6 Å². The molecule has 0 aliphatic carbocycles. The Bertz CT molecular complexity index is 455. The van der Waals surface area contributed by atoms with E-state index in [2.05, 4.69) is 0 Å². The van der Waals surface area contributed by atoms with Gasteiger partial charge in [0.05, 0.1) is 12.2 Å². The van der Waals surface area contributed by atoms with Crippen LogP contribution in [0.3, 0.4) is 0 Å². The molecule has 1 rings (SSSR count). The molecule has 1 aromatic carbocycles. The molecule has 18 heavy (non-hydrogen) atoms. The lowest BCUT2D eigenvalue weighted by atomic mass is 10.1. The average Bonchev–Trinajstić information content (AvgIpc) is 2.28. The molecule has 0 N–H and O–H groups in total. The van der Waals surface area contributed by atoms with Gasteiger partial charge in [0.1, 0.15) is 5.75 Å². The number of alkyl halides is 3. The molecule has 0 saturated heterocycles. The van der Waals surface area contributed by atoms with Crippen LogP contribution >= 0.6 is 11.6 Å². The van der Waals surface area contributed by atoms with Crippen LogP contribution in [0.5, 0.6) is 5.75 Å². The van der Waals surface area contributed by atoms with Crippen LogP contribution in [-0.2, 0) is 0 Å². The molecule has 0 unspecified atom stereocenters. The molecule has 0 aliphatic rings. The molecule has 1 aromatic rings. The molecule has 0 amide bonds. The van der Waals surface area contributed by atoms with Gasteiger partial charge in [-0.2, -0.15) is 13.2 Å². The number of rotatable bonds is 4. The van der Waals surface area contributed by atoms with Crippen molar-refractivity contribution >= 4 is 17.4 Å². The Morgan fingerprint density at radius 3 is 2.50 bits per heavy atom. The summed E-state index contributed by atoms with van der Waals surface area (Å²) in [6, 6.07) is 2.34. The number of carbonyl (C=O) groups excluding carboxylic acids is 1. The number of hydrogen-bond donors (Lipinski definition) is 0. The average molecular weight is 281 g/mol. The number of aryl methyl sites for hydroxylation is 1. The SMILES string of the molecule is CCCOc1cc(C)c(Cl)cc1C(=O)C(F)(F)F. The first kappa shape index (κ1) is 14.8. The molecule has 0 atom stereocenters. The van der Waals surface area contributed by atoms with Crippen LogP contribution in [0.25, 0.3) is 0 Å². The van der Waals surface area contributed by atoms with E-state index in [1.54, 1.807) is 6.92 Å². The fourth-order valence-corrected chi connectivity index (χ4v) is 1.48. The number of Topliss-reactive ketones (excluding diaryl/α,β-unsaturated/α-hetero) is 1. The molecule has 0 radical (unpaired) electrons. The molecular formula is C12H12ClF3O2. The number of halogens is 4. The van der Waals surface area contributed by atoms with Crippen LogP contribution in [0.2, 0.25) is 5.02 Å². The van der Waals surface area contributed by atoms with E-state index in [0.29, 0.717) is 12.0 Å². The van der Waals surface area contributed by atoms with Gasteiger partial charge in [0, 0.05) is 5.02 Å². The zero-order valence-electron chi connectivity index (χ0n) is 9.90. The summed E-state index contributed by atoms with van der Waals surface area (Å²) in [4.78, 5) is 11.3. The molecule has 0 heterocycles. The predicted molar refractivity (Wildman–Crippen MR) is 62.4 cm³/mol. The third-order valence-corrected chi connectivity index (χ3v) is 2.63. The maximum atomic E-state index is 12.4. The summed E-state index contributed by atoms with van der Waals surface area (Å²) >= 11 is 5.74. The summed E-state index contributed by atoms with van der Waals surface area (Å²) in [5, 5.41) is 0.103. The highest BCUT2D eigenvalue weighted by atomic mass is 35.5. The molecule has 0 bridgehead atoms. The molecule has 0 saturated carbocycles. The zero-order chi connectivity index (χ0) is 13.9. The van der Waals surface area contributed by atoms with Crippen molar-refractivity contribution in [2.45, 2.75) is 26.4 Å². The largest absolute Gasteiger partial charge is 0.493 e. The molecule has 0 spiro atoms. The Labute approximate surface area is 108 Å². The standard InChI is InChI=1S/C12H12ClF3O2/c1-3-4-18-10-5-7(2)9(13)6-8(10)11(17)12(14,15)16/h5-6H,3-4H2,1-2H3. The van der Waals surface area contributed by atoms with Crippen molar-refractivity contribution in [1.82, 2.24) is 0 Å². The Morgan fingerprint density at radius 2 is 2.00 bits per heavy atom. The summed E-state index contributed by atoms with van der Waals surface area (Å²) in [5.74, 6) is -2.03. The van der Waals surface area contributed by atoms with Gasteiger partial charge in [-0.1, -0.05) is 18.5 Å². The zero-order valence-corrected chi connectivity index (χ0v) is 10.7. The minimum absolute atomic E-state index is 0.0823. The maximum Gasteiger partial charge on any atom is 0.455 e. The van der Waals surface area contributed by atoms with Gasteiger partial charge in [0.15, 0.2) is 0 Å². The lowest BCUT2D eigenvalue weighted by molar-refractivity contribution is -0.0886. The Kier molecular flexibility index (Phi) is 4.62. The molecule has 0 fully saturated rings. The molecule has 2 nitrogen and oxygen atoms in total. The minimum atomic E-state index is -4.94. The smallest absolute Gasteiger partial charge is 0.455 e. The fourth-order valence-electron chi connectivity index (χ4n) is 1.32. The van der Waals surface area contributed by atoms with Crippen molar-refractivity contribution in [2.75, 3.05) is 6.61 Å². The van der Waals surface area contributed by atoms with Gasteiger partial charge in [-0.25, -0.2) is 0 Å². The van der Waals surface area contributed by atoms with Gasteiger partial charge in [-0.3, -0.25) is 4.79 Å². The molecule has 0 aliphatic heterocycles. The first-order valence-electron chi connectivity index (χ1n) is 5.31. The minimum Gasteiger partial charge on any atom is -0.493 e. The molecule has 100 valence electrons. The van der Waals surface area contributed by atoms with Gasteiger partial charge in [0.25, 0.3) is 5.78 Å². The highest BCUT2D eigenvalue weighted by Crippen LogP contribution is 2.32.